The summed E-state index contributed by atoms with van der Waals surface area (Å²) in [7, 11) is 3.25. The number of imidazole rings is 1. The molecular formula is C19H22F3N5O. The summed E-state index contributed by atoms with van der Waals surface area (Å²) in [5.74, 6) is -0.273. The summed E-state index contributed by atoms with van der Waals surface area (Å²) in [6.07, 6.45) is -1.11. The molecule has 0 radical (unpaired) electrons. The lowest BCUT2D eigenvalue weighted by atomic mass is 10.2. The van der Waals surface area contributed by atoms with Crippen molar-refractivity contribution in [3.8, 4) is 5.75 Å². The minimum Gasteiger partial charge on any atom is -0.494 e. The van der Waals surface area contributed by atoms with Gasteiger partial charge in [-0.3, -0.25) is 0 Å². The van der Waals surface area contributed by atoms with Gasteiger partial charge in [0.25, 0.3) is 0 Å². The fourth-order valence-corrected chi connectivity index (χ4v) is 2.71. The first-order valence-electron chi connectivity index (χ1n) is 8.98. The average Bonchev–Trinajstić information content (AvgIpc) is 3.04. The van der Waals surface area contributed by atoms with Gasteiger partial charge in [-0.25, -0.2) is 15.0 Å². The van der Waals surface area contributed by atoms with Gasteiger partial charge in [0.2, 0.25) is 5.82 Å². The van der Waals surface area contributed by atoms with Crippen LogP contribution in [0.15, 0.2) is 30.6 Å². The zero-order valence-electron chi connectivity index (χ0n) is 16.0. The molecule has 0 saturated heterocycles. The van der Waals surface area contributed by atoms with Crippen molar-refractivity contribution in [3.63, 3.8) is 0 Å². The van der Waals surface area contributed by atoms with E-state index in [0.29, 0.717) is 18.7 Å². The lowest BCUT2D eigenvalue weighted by Gasteiger charge is -2.14. The van der Waals surface area contributed by atoms with Crippen LogP contribution in [0.5, 0.6) is 5.75 Å². The van der Waals surface area contributed by atoms with Crippen LogP contribution in [0.3, 0.4) is 0 Å². The normalized spacial score (nSPS) is 11.8. The molecule has 0 bridgehead atoms. The Labute approximate surface area is 161 Å². The summed E-state index contributed by atoms with van der Waals surface area (Å²) in [5, 5.41) is 0. The molecule has 1 aromatic carbocycles. The number of aromatic nitrogens is 4. The van der Waals surface area contributed by atoms with E-state index in [-0.39, 0.29) is 11.5 Å². The van der Waals surface area contributed by atoms with Crippen LogP contribution >= 0.6 is 0 Å². The summed E-state index contributed by atoms with van der Waals surface area (Å²) in [6.45, 7) is 3.09. The van der Waals surface area contributed by atoms with Gasteiger partial charge < -0.3 is 14.2 Å². The number of fused-ring (bicyclic) bond motifs is 1. The van der Waals surface area contributed by atoms with Gasteiger partial charge in [-0.05, 0) is 24.1 Å². The first-order chi connectivity index (χ1) is 13.3. The Bertz CT molecular complexity index is 935. The van der Waals surface area contributed by atoms with E-state index in [0.717, 1.165) is 24.2 Å². The van der Waals surface area contributed by atoms with E-state index in [1.165, 1.54) is 11.2 Å². The number of nitrogens with zero attached hydrogens (tertiary/aromatic N) is 5. The SMILES string of the molecule is CCCCOc1ccc(Cn2cnc3c(N(C)C)nc(C(F)(F)F)nc32)cc1. The second kappa shape index (κ2) is 8.04. The molecule has 0 fully saturated rings. The van der Waals surface area contributed by atoms with E-state index in [1.54, 1.807) is 18.7 Å². The highest BCUT2D eigenvalue weighted by atomic mass is 19.4. The first kappa shape index (κ1) is 19.9. The van der Waals surface area contributed by atoms with Crippen molar-refractivity contribution in [1.82, 2.24) is 19.5 Å². The van der Waals surface area contributed by atoms with Crippen LogP contribution in [0, 0.1) is 0 Å². The second-order valence-electron chi connectivity index (χ2n) is 6.65. The Balaban J connectivity index is 1.90. The van der Waals surface area contributed by atoms with E-state index in [4.69, 9.17) is 4.74 Å². The van der Waals surface area contributed by atoms with E-state index in [2.05, 4.69) is 21.9 Å². The molecule has 0 amide bonds. The smallest absolute Gasteiger partial charge is 0.451 e. The van der Waals surface area contributed by atoms with E-state index in [1.807, 2.05) is 24.3 Å². The second-order valence-corrected chi connectivity index (χ2v) is 6.65. The zero-order valence-corrected chi connectivity index (χ0v) is 16.0. The number of hydrogen-bond donors (Lipinski definition) is 0. The Morgan fingerprint density at radius 3 is 2.43 bits per heavy atom. The molecule has 3 aromatic rings. The van der Waals surface area contributed by atoms with Crippen LogP contribution in [0.1, 0.15) is 31.2 Å². The van der Waals surface area contributed by atoms with Crippen molar-refractivity contribution >= 4 is 17.0 Å². The number of anilines is 1. The molecule has 0 saturated carbocycles. The topological polar surface area (TPSA) is 56.1 Å². The highest BCUT2D eigenvalue weighted by Gasteiger charge is 2.36. The van der Waals surface area contributed by atoms with Crippen molar-refractivity contribution in [1.29, 1.82) is 0 Å². The van der Waals surface area contributed by atoms with Crippen LogP contribution in [0.4, 0.5) is 19.0 Å². The molecule has 0 spiro atoms. The predicted octanol–water partition coefficient (Wildman–Crippen LogP) is 4.14. The largest absolute Gasteiger partial charge is 0.494 e. The van der Waals surface area contributed by atoms with Crippen molar-refractivity contribution in [2.24, 2.45) is 0 Å². The number of benzene rings is 1. The number of halogens is 3. The number of ether oxygens (including phenoxy) is 1. The molecule has 0 N–H and O–H groups in total. The molecule has 3 rings (SSSR count). The molecule has 0 aliphatic rings. The molecule has 0 unspecified atom stereocenters. The molecular weight excluding hydrogens is 371 g/mol. The van der Waals surface area contributed by atoms with Gasteiger partial charge in [-0.15, -0.1) is 0 Å². The van der Waals surface area contributed by atoms with Gasteiger partial charge >= 0.3 is 6.18 Å². The minimum atomic E-state index is -4.63. The van der Waals surface area contributed by atoms with Crippen LogP contribution in [0.2, 0.25) is 0 Å². The van der Waals surface area contributed by atoms with Crippen LogP contribution < -0.4 is 9.64 Å². The van der Waals surface area contributed by atoms with E-state index >= 15 is 0 Å². The molecule has 6 nitrogen and oxygen atoms in total. The summed E-state index contributed by atoms with van der Waals surface area (Å²) in [6, 6.07) is 7.47. The molecule has 0 aliphatic carbocycles. The number of rotatable bonds is 7. The average molecular weight is 393 g/mol. The Kier molecular flexibility index (Phi) is 5.71. The highest BCUT2D eigenvalue weighted by Crippen LogP contribution is 2.31. The molecule has 0 atom stereocenters. The van der Waals surface area contributed by atoms with Crippen molar-refractivity contribution in [2.75, 3.05) is 25.6 Å². The third-order valence-corrected chi connectivity index (χ3v) is 4.17. The molecule has 28 heavy (non-hydrogen) atoms. The maximum atomic E-state index is 13.2. The summed E-state index contributed by atoms with van der Waals surface area (Å²) >= 11 is 0. The van der Waals surface area contributed by atoms with Gasteiger partial charge in [0, 0.05) is 14.1 Å². The summed E-state index contributed by atoms with van der Waals surface area (Å²) in [4.78, 5) is 13.1. The molecule has 2 aromatic heterocycles. The molecule has 2 heterocycles. The van der Waals surface area contributed by atoms with Gasteiger partial charge in [0.15, 0.2) is 17.0 Å². The fraction of sp³-hybridized carbons (Fsp3) is 0.421. The van der Waals surface area contributed by atoms with Crippen molar-refractivity contribution in [3.05, 3.63) is 42.0 Å². The maximum Gasteiger partial charge on any atom is 0.451 e. The third kappa shape index (κ3) is 4.35. The van der Waals surface area contributed by atoms with Crippen molar-refractivity contribution < 1.29 is 17.9 Å². The lowest BCUT2D eigenvalue weighted by molar-refractivity contribution is -0.144. The zero-order chi connectivity index (χ0) is 20.3. The van der Waals surface area contributed by atoms with Gasteiger partial charge in [0.05, 0.1) is 19.5 Å². The number of hydrogen-bond acceptors (Lipinski definition) is 5. The van der Waals surface area contributed by atoms with Crippen molar-refractivity contribution in [2.45, 2.75) is 32.5 Å². The van der Waals surface area contributed by atoms with Gasteiger partial charge in [-0.2, -0.15) is 13.2 Å². The van der Waals surface area contributed by atoms with E-state index in [9.17, 15) is 13.2 Å². The number of unbranched alkanes of at least 4 members (excludes halogenated alkanes) is 1. The third-order valence-electron chi connectivity index (χ3n) is 4.17. The quantitative estimate of drug-likeness (QED) is 0.565. The van der Waals surface area contributed by atoms with E-state index < -0.39 is 12.0 Å². The first-order valence-corrected chi connectivity index (χ1v) is 8.98. The van der Waals surface area contributed by atoms with Crippen LogP contribution in [0.25, 0.3) is 11.2 Å². The van der Waals surface area contributed by atoms with Crippen LogP contribution in [-0.4, -0.2) is 40.2 Å². The Morgan fingerprint density at radius 2 is 1.82 bits per heavy atom. The standard InChI is InChI=1S/C19H22F3N5O/c1-4-5-10-28-14-8-6-13(7-9-14)11-27-12-23-15-16(26(2)3)24-18(19(20,21)22)25-17(15)27/h6-9,12H,4-5,10-11H2,1-3H3. The molecule has 150 valence electrons. The van der Waals surface area contributed by atoms with Gasteiger partial charge in [0.1, 0.15) is 5.75 Å². The molecule has 0 aliphatic heterocycles. The Hall–Kier alpha value is -2.84. The molecule has 9 heteroatoms. The fourth-order valence-electron chi connectivity index (χ4n) is 2.71. The Morgan fingerprint density at radius 1 is 1.11 bits per heavy atom. The minimum absolute atomic E-state index is 0.135. The van der Waals surface area contributed by atoms with Gasteiger partial charge in [-0.1, -0.05) is 25.5 Å². The monoisotopic (exact) mass is 393 g/mol. The number of alkyl halides is 3. The predicted molar refractivity (Wildman–Crippen MR) is 101 cm³/mol. The lowest BCUT2D eigenvalue weighted by Crippen LogP contribution is -2.18. The maximum absolute atomic E-state index is 13.2. The summed E-state index contributed by atoms with van der Waals surface area (Å²) in [5.41, 5.74) is 1.38. The highest BCUT2D eigenvalue weighted by molar-refractivity contribution is 5.83. The van der Waals surface area contributed by atoms with Crippen LogP contribution in [-0.2, 0) is 12.7 Å². The summed E-state index contributed by atoms with van der Waals surface area (Å²) < 4.78 is 46.8.